The van der Waals surface area contributed by atoms with Crippen LogP contribution in [0, 0.1) is 5.92 Å². The van der Waals surface area contributed by atoms with Gasteiger partial charge in [0.15, 0.2) is 0 Å². The molecular weight excluding hydrogens is 316 g/mol. The quantitative estimate of drug-likeness (QED) is 0.915. The van der Waals surface area contributed by atoms with Crippen LogP contribution in [0.3, 0.4) is 0 Å². The lowest BCUT2D eigenvalue weighted by atomic mass is 9.67. The maximum atomic E-state index is 12.7. The lowest BCUT2D eigenvalue weighted by Crippen LogP contribution is -2.59. The number of benzene rings is 1. The van der Waals surface area contributed by atoms with Crippen molar-refractivity contribution in [2.45, 2.75) is 56.5 Å². The first kappa shape index (κ1) is 16.4. The van der Waals surface area contributed by atoms with Gasteiger partial charge in [-0.1, -0.05) is 31.2 Å². The molecule has 0 radical (unpaired) electrons. The third-order valence-electron chi connectivity index (χ3n) is 6.31. The van der Waals surface area contributed by atoms with Crippen LogP contribution in [-0.4, -0.2) is 42.1 Å². The first-order valence-electron chi connectivity index (χ1n) is 9.30. The summed E-state index contributed by atoms with van der Waals surface area (Å²) in [6, 6.07) is 9.17. The molecule has 3 fully saturated rings. The number of hydrogen-bond acceptors (Lipinski definition) is 3. The van der Waals surface area contributed by atoms with E-state index in [1.54, 1.807) is 0 Å². The lowest BCUT2D eigenvalue weighted by Gasteiger charge is -2.47. The van der Waals surface area contributed by atoms with Gasteiger partial charge in [-0.25, -0.2) is 4.79 Å². The number of aryl methyl sites for hydroxylation is 1. The number of rotatable bonds is 4. The molecule has 0 bridgehead atoms. The molecule has 134 valence electrons. The fourth-order valence-electron chi connectivity index (χ4n) is 4.48. The molecular formula is C20H26N2O3. The van der Waals surface area contributed by atoms with E-state index in [2.05, 4.69) is 36.5 Å². The number of ether oxygens (including phenoxy) is 1. The Morgan fingerprint density at radius 1 is 1.36 bits per heavy atom. The predicted octanol–water partition coefficient (Wildman–Crippen LogP) is 2.84. The Labute approximate surface area is 148 Å². The summed E-state index contributed by atoms with van der Waals surface area (Å²) in [6.45, 7) is 2.58. The van der Waals surface area contributed by atoms with E-state index in [1.807, 2.05) is 11.9 Å². The molecule has 2 saturated carbocycles. The second kappa shape index (κ2) is 6.04. The van der Waals surface area contributed by atoms with E-state index < -0.39 is 0 Å². The summed E-state index contributed by atoms with van der Waals surface area (Å²) in [7, 11) is 1.93. The maximum absolute atomic E-state index is 12.7. The van der Waals surface area contributed by atoms with Crippen LogP contribution in [-0.2, 0) is 16.0 Å². The molecule has 3 aliphatic rings. The minimum atomic E-state index is -0.351. The van der Waals surface area contributed by atoms with Gasteiger partial charge in [0.2, 0.25) is 5.91 Å². The Balaban J connectivity index is 1.29. The van der Waals surface area contributed by atoms with E-state index in [0.29, 0.717) is 31.4 Å². The molecule has 0 aromatic heterocycles. The van der Waals surface area contributed by atoms with Crippen LogP contribution in [0.2, 0.25) is 0 Å². The van der Waals surface area contributed by atoms with Gasteiger partial charge in [0.1, 0.15) is 6.61 Å². The number of alkyl carbamates (subject to hydrolysis) is 1. The van der Waals surface area contributed by atoms with Gasteiger partial charge in [-0.15, -0.1) is 0 Å². The van der Waals surface area contributed by atoms with Gasteiger partial charge in [0.05, 0.1) is 5.54 Å². The zero-order valence-corrected chi connectivity index (χ0v) is 15.0. The van der Waals surface area contributed by atoms with Gasteiger partial charge in [-0.2, -0.15) is 0 Å². The highest BCUT2D eigenvalue weighted by Crippen LogP contribution is 2.44. The van der Waals surface area contributed by atoms with E-state index in [-0.39, 0.29) is 23.5 Å². The highest BCUT2D eigenvalue weighted by Gasteiger charge is 2.53. The van der Waals surface area contributed by atoms with Gasteiger partial charge in [0.25, 0.3) is 0 Å². The highest BCUT2D eigenvalue weighted by atomic mass is 16.6. The van der Waals surface area contributed by atoms with E-state index in [9.17, 15) is 9.59 Å². The SMILES string of the molecule is CCc1cccc(C2CC(N(C)C(=O)C3CC4(COC(=O)N4)C3)C2)c1. The molecule has 5 nitrogen and oxygen atoms in total. The number of hydrogen-bond donors (Lipinski definition) is 1. The van der Waals surface area contributed by atoms with Gasteiger partial charge in [-0.05, 0) is 49.1 Å². The summed E-state index contributed by atoms with van der Waals surface area (Å²) in [5.74, 6) is 0.814. The summed E-state index contributed by atoms with van der Waals surface area (Å²) in [4.78, 5) is 25.9. The number of nitrogens with one attached hydrogen (secondary N) is 1. The van der Waals surface area contributed by atoms with Crippen molar-refractivity contribution < 1.29 is 14.3 Å². The molecule has 1 N–H and O–H groups in total. The third-order valence-corrected chi connectivity index (χ3v) is 6.31. The minimum Gasteiger partial charge on any atom is -0.447 e. The second-order valence-corrected chi connectivity index (χ2v) is 7.96. The van der Waals surface area contributed by atoms with Crippen LogP contribution in [0.1, 0.15) is 49.7 Å². The third kappa shape index (κ3) is 2.90. The molecule has 2 amide bonds. The van der Waals surface area contributed by atoms with Gasteiger partial charge >= 0.3 is 6.09 Å². The number of cyclic esters (lactones) is 1. The standard InChI is InChI=1S/C20H26N2O3/c1-3-13-5-4-6-14(7-13)15-8-17(9-15)22(2)18(23)16-10-20(11-16)12-25-19(24)21-20/h4-7,15-17H,3,8-12H2,1-2H3,(H,21,24). The number of carbonyl (C=O) groups is 2. The van der Waals surface area contributed by atoms with Crippen molar-refractivity contribution in [2.75, 3.05) is 13.7 Å². The summed E-state index contributed by atoms with van der Waals surface area (Å²) >= 11 is 0. The topological polar surface area (TPSA) is 58.6 Å². The summed E-state index contributed by atoms with van der Waals surface area (Å²) in [5, 5.41) is 2.86. The molecule has 0 atom stereocenters. The van der Waals surface area contributed by atoms with Gasteiger partial charge in [0, 0.05) is 19.0 Å². The number of carbonyl (C=O) groups excluding carboxylic acids is 2. The molecule has 1 heterocycles. The molecule has 1 aliphatic heterocycles. The molecule has 4 rings (SSSR count). The van der Waals surface area contributed by atoms with E-state index >= 15 is 0 Å². The highest BCUT2D eigenvalue weighted by molar-refractivity contribution is 5.81. The molecule has 5 heteroatoms. The monoisotopic (exact) mass is 342 g/mol. The summed E-state index contributed by atoms with van der Waals surface area (Å²) in [6.07, 6.45) is 4.22. The van der Waals surface area contributed by atoms with Gasteiger partial charge < -0.3 is 15.0 Å². The van der Waals surface area contributed by atoms with Crippen LogP contribution < -0.4 is 5.32 Å². The smallest absolute Gasteiger partial charge is 0.407 e. The maximum Gasteiger partial charge on any atom is 0.407 e. The van der Waals surface area contributed by atoms with E-state index in [4.69, 9.17) is 4.74 Å². The van der Waals surface area contributed by atoms with Crippen LogP contribution in [0.15, 0.2) is 24.3 Å². The molecule has 1 spiro atoms. The Morgan fingerprint density at radius 3 is 2.76 bits per heavy atom. The average molecular weight is 342 g/mol. The first-order valence-corrected chi connectivity index (χ1v) is 9.30. The Kier molecular flexibility index (Phi) is 3.97. The fourth-order valence-corrected chi connectivity index (χ4v) is 4.48. The summed E-state index contributed by atoms with van der Waals surface area (Å²) in [5.41, 5.74) is 2.51. The minimum absolute atomic E-state index is 0.0227. The van der Waals surface area contributed by atoms with Crippen LogP contribution in [0.4, 0.5) is 4.79 Å². The first-order chi connectivity index (χ1) is 12.0. The molecule has 1 saturated heterocycles. The van der Waals surface area contributed by atoms with Gasteiger partial charge in [-0.3, -0.25) is 4.79 Å². The van der Waals surface area contributed by atoms with Crippen molar-refractivity contribution in [3.8, 4) is 0 Å². The fraction of sp³-hybridized carbons (Fsp3) is 0.600. The van der Waals surface area contributed by atoms with Crippen molar-refractivity contribution in [1.29, 1.82) is 0 Å². The van der Waals surface area contributed by atoms with Crippen molar-refractivity contribution >= 4 is 12.0 Å². The zero-order valence-electron chi connectivity index (χ0n) is 15.0. The molecule has 2 aliphatic carbocycles. The molecule has 1 aromatic carbocycles. The molecule has 25 heavy (non-hydrogen) atoms. The average Bonchev–Trinajstić information content (AvgIpc) is 2.94. The Hall–Kier alpha value is -2.04. The Bertz CT molecular complexity index is 690. The number of amides is 2. The summed E-state index contributed by atoms with van der Waals surface area (Å²) < 4.78 is 4.99. The van der Waals surface area contributed by atoms with Crippen molar-refractivity contribution in [2.24, 2.45) is 5.92 Å². The Morgan fingerprint density at radius 2 is 2.12 bits per heavy atom. The zero-order chi connectivity index (χ0) is 17.6. The normalized spacial score (nSPS) is 33.2. The molecule has 0 unspecified atom stereocenters. The van der Waals surface area contributed by atoms with Crippen LogP contribution in [0.25, 0.3) is 0 Å². The van der Waals surface area contributed by atoms with E-state index in [1.165, 1.54) is 11.1 Å². The van der Waals surface area contributed by atoms with Crippen molar-refractivity contribution in [1.82, 2.24) is 10.2 Å². The van der Waals surface area contributed by atoms with Crippen molar-refractivity contribution in [3.63, 3.8) is 0 Å². The van der Waals surface area contributed by atoms with Crippen LogP contribution >= 0.6 is 0 Å². The van der Waals surface area contributed by atoms with Crippen molar-refractivity contribution in [3.05, 3.63) is 35.4 Å². The lowest BCUT2D eigenvalue weighted by molar-refractivity contribution is -0.143. The largest absolute Gasteiger partial charge is 0.447 e. The second-order valence-electron chi connectivity index (χ2n) is 7.96. The molecule has 1 aromatic rings. The van der Waals surface area contributed by atoms with E-state index in [0.717, 1.165) is 19.3 Å². The number of nitrogens with zero attached hydrogens (tertiary/aromatic N) is 1. The predicted molar refractivity (Wildman–Crippen MR) is 94.3 cm³/mol. The van der Waals surface area contributed by atoms with Crippen LogP contribution in [0.5, 0.6) is 0 Å².